The van der Waals surface area contributed by atoms with Gasteiger partial charge in [-0.25, -0.2) is 22.0 Å². The highest BCUT2D eigenvalue weighted by atomic mass is 32.1. The van der Waals surface area contributed by atoms with Crippen molar-refractivity contribution in [3.8, 4) is 5.69 Å². The molecule has 2 nitrogen and oxygen atoms in total. The molecule has 0 aliphatic rings. The van der Waals surface area contributed by atoms with E-state index in [-0.39, 0.29) is 21.5 Å². The highest BCUT2D eigenvalue weighted by molar-refractivity contribution is 7.71. The van der Waals surface area contributed by atoms with E-state index in [2.05, 4.69) is 4.98 Å². The highest BCUT2D eigenvalue weighted by Crippen LogP contribution is 2.25. The standard InChI is InChI=1S/C13H5F5N2S/c14-5-1-9(17)12-10(2-5)20(13(21)19-12)6-3-7(15)11(18)8(16)4-6/h1-4H,(H,19,21). The second-order valence-corrected chi connectivity index (χ2v) is 4.66. The lowest BCUT2D eigenvalue weighted by molar-refractivity contribution is 0.446. The van der Waals surface area contributed by atoms with Crippen LogP contribution in [0.15, 0.2) is 24.3 Å². The van der Waals surface area contributed by atoms with Crippen molar-refractivity contribution in [2.45, 2.75) is 0 Å². The van der Waals surface area contributed by atoms with Crippen LogP contribution in [-0.4, -0.2) is 9.55 Å². The van der Waals surface area contributed by atoms with Crippen molar-refractivity contribution in [1.82, 2.24) is 9.55 Å². The molecule has 0 atom stereocenters. The first-order valence-electron chi connectivity index (χ1n) is 5.63. The number of hydrogen-bond donors (Lipinski definition) is 1. The van der Waals surface area contributed by atoms with Crippen molar-refractivity contribution in [3.05, 3.63) is 58.1 Å². The SMILES string of the molecule is Fc1cc(F)c2[nH]c(=S)n(-c3cc(F)c(F)c(F)c3)c2c1. The first-order valence-corrected chi connectivity index (χ1v) is 6.04. The van der Waals surface area contributed by atoms with Crippen LogP contribution in [0.2, 0.25) is 0 Å². The fourth-order valence-electron chi connectivity index (χ4n) is 2.06. The molecule has 1 heterocycles. The number of hydrogen-bond acceptors (Lipinski definition) is 1. The number of fused-ring (bicyclic) bond motifs is 1. The molecule has 3 rings (SSSR count). The fourth-order valence-corrected chi connectivity index (χ4v) is 2.37. The normalized spacial score (nSPS) is 11.3. The number of nitrogens with one attached hydrogen (secondary N) is 1. The van der Waals surface area contributed by atoms with Gasteiger partial charge in [0.25, 0.3) is 0 Å². The lowest BCUT2D eigenvalue weighted by Gasteiger charge is -2.06. The summed E-state index contributed by atoms with van der Waals surface area (Å²) in [4.78, 5) is 2.47. The second kappa shape index (κ2) is 4.66. The van der Waals surface area contributed by atoms with E-state index >= 15 is 0 Å². The molecule has 0 aliphatic heterocycles. The Kier molecular flexibility index (Phi) is 3.05. The smallest absolute Gasteiger partial charge is 0.194 e. The van der Waals surface area contributed by atoms with Gasteiger partial charge < -0.3 is 4.98 Å². The molecule has 1 N–H and O–H groups in total. The molecule has 0 saturated carbocycles. The number of halogens is 5. The molecule has 1 aromatic heterocycles. The van der Waals surface area contributed by atoms with Crippen LogP contribution in [0.5, 0.6) is 0 Å². The maximum atomic E-state index is 13.6. The zero-order valence-electron chi connectivity index (χ0n) is 10.1. The van der Waals surface area contributed by atoms with Gasteiger partial charge in [0.05, 0.1) is 11.2 Å². The summed E-state index contributed by atoms with van der Waals surface area (Å²) < 4.78 is 67.4. The summed E-state index contributed by atoms with van der Waals surface area (Å²) >= 11 is 4.94. The quantitative estimate of drug-likeness (QED) is 0.401. The van der Waals surface area contributed by atoms with Crippen LogP contribution in [0.25, 0.3) is 16.7 Å². The second-order valence-electron chi connectivity index (χ2n) is 4.27. The van der Waals surface area contributed by atoms with Crippen molar-refractivity contribution in [1.29, 1.82) is 0 Å². The van der Waals surface area contributed by atoms with Crippen molar-refractivity contribution in [3.63, 3.8) is 0 Å². The Morgan fingerprint density at radius 1 is 0.857 bits per heavy atom. The Morgan fingerprint density at radius 2 is 1.48 bits per heavy atom. The van der Waals surface area contributed by atoms with Gasteiger partial charge in [0.15, 0.2) is 28.0 Å². The van der Waals surface area contributed by atoms with E-state index in [0.717, 1.165) is 10.6 Å². The zero-order chi connectivity index (χ0) is 15.3. The number of H-pyrrole nitrogens is 1. The molecule has 8 heteroatoms. The summed E-state index contributed by atoms with van der Waals surface area (Å²) in [5.74, 6) is -6.29. The Hall–Kier alpha value is -2.22. The van der Waals surface area contributed by atoms with E-state index in [9.17, 15) is 22.0 Å². The number of aromatic nitrogens is 2. The summed E-state index contributed by atoms with van der Waals surface area (Å²) in [5, 5.41) is 0. The molecule has 21 heavy (non-hydrogen) atoms. The van der Waals surface area contributed by atoms with E-state index < -0.39 is 29.1 Å². The maximum Gasteiger partial charge on any atom is 0.194 e. The van der Waals surface area contributed by atoms with Gasteiger partial charge in [0.2, 0.25) is 0 Å². The molecular weight excluding hydrogens is 311 g/mol. The number of aromatic amines is 1. The lowest BCUT2D eigenvalue weighted by atomic mass is 10.2. The van der Waals surface area contributed by atoms with Crippen LogP contribution in [0.1, 0.15) is 0 Å². The molecule has 0 amide bonds. The first-order chi connectivity index (χ1) is 9.88. The van der Waals surface area contributed by atoms with Crippen molar-refractivity contribution < 1.29 is 22.0 Å². The monoisotopic (exact) mass is 316 g/mol. The summed E-state index contributed by atoms with van der Waals surface area (Å²) in [6.45, 7) is 0. The topological polar surface area (TPSA) is 20.7 Å². The summed E-state index contributed by atoms with van der Waals surface area (Å²) in [7, 11) is 0. The lowest BCUT2D eigenvalue weighted by Crippen LogP contribution is -1.99. The summed E-state index contributed by atoms with van der Waals surface area (Å²) in [6.07, 6.45) is 0. The molecule has 0 unspecified atom stereocenters. The van der Waals surface area contributed by atoms with Gasteiger partial charge in [-0.2, -0.15) is 0 Å². The molecule has 0 bridgehead atoms. The number of nitrogens with zero attached hydrogens (tertiary/aromatic N) is 1. The third-order valence-corrected chi connectivity index (χ3v) is 3.22. The van der Waals surface area contributed by atoms with Crippen molar-refractivity contribution in [2.75, 3.05) is 0 Å². The van der Waals surface area contributed by atoms with Gasteiger partial charge in [-0.15, -0.1) is 0 Å². The third-order valence-electron chi connectivity index (χ3n) is 2.94. The fraction of sp³-hybridized carbons (Fsp3) is 0. The van der Waals surface area contributed by atoms with Crippen molar-refractivity contribution in [2.24, 2.45) is 0 Å². The van der Waals surface area contributed by atoms with Crippen LogP contribution in [0.3, 0.4) is 0 Å². The van der Waals surface area contributed by atoms with Crippen molar-refractivity contribution >= 4 is 23.3 Å². The molecule has 0 radical (unpaired) electrons. The molecule has 0 spiro atoms. The molecule has 108 valence electrons. The van der Waals surface area contributed by atoms with E-state index in [1.165, 1.54) is 0 Å². The minimum absolute atomic E-state index is 0.0529. The van der Waals surface area contributed by atoms with Gasteiger partial charge >= 0.3 is 0 Å². The molecule has 0 fully saturated rings. The molecule has 2 aromatic carbocycles. The zero-order valence-corrected chi connectivity index (χ0v) is 10.9. The maximum absolute atomic E-state index is 13.6. The summed E-state index contributed by atoms with van der Waals surface area (Å²) in [6, 6.07) is 2.96. The van der Waals surface area contributed by atoms with E-state index in [4.69, 9.17) is 12.2 Å². The van der Waals surface area contributed by atoms with E-state index in [1.807, 2.05) is 0 Å². The summed E-state index contributed by atoms with van der Waals surface area (Å²) in [5.41, 5.74) is -0.359. The minimum Gasteiger partial charge on any atom is -0.328 e. The number of benzene rings is 2. The molecule has 0 saturated heterocycles. The largest absolute Gasteiger partial charge is 0.328 e. The van der Waals surface area contributed by atoms with E-state index in [0.29, 0.717) is 18.2 Å². The van der Waals surface area contributed by atoms with Crippen LogP contribution in [0.4, 0.5) is 22.0 Å². The first kappa shape index (κ1) is 13.7. The average Bonchev–Trinajstić information content (AvgIpc) is 2.72. The van der Waals surface area contributed by atoms with Gasteiger partial charge in [-0.05, 0) is 12.2 Å². The minimum atomic E-state index is -1.64. The predicted octanol–water partition coefficient (Wildman–Crippen LogP) is 4.38. The molecule has 3 aromatic rings. The van der Waals surface area contributed by atoms with E-state index in [1.54, 1.807) is 0 Å². The van der Waals surface area contributed by atoms with Crippen LogP contribution in [0, 0.1) is 33.9 Å². The van der Waals surface area contributed by atoms with Gasteiger partial charge in [-0.3, -0.25) is 4.57 Å². The predicted molar refractivity (Wildman–Crippen MR) is 68.2 cm³/mol. The third kappa shape index (κ3) is 2.11. The van der Waals surface area contributed by atoms with Gasteiger partial charge in [0.1, 0.15) is 11.3 Å². The van der Waals surface area contributed by atoms with Crippen LogP contribution < -0.4 is 0 Å². The Bertz CT molecular complexity index is 905. The Balaban J connectivity index is 2.40. The Morgan fingerprint density at radius 3 is 2.10 bits per heavy atom. The van der Waals surface area contributed by atoms with Gasteiger partial charge in [0, 0.05) is 24.3 Å². The molecular formula is C13H5F5N2S. The Labute approximate surface area is 119 Å². The van der Waals surface area contributed by atoms with Crippen LogP contribution in [-0.2, 0) is 0 Å². The average molecular weight is 316 g/mol. The van der Waals surface area contributed by atoms with Gasteiger partial charge in [-0.1, -0.05) is 0 Å². The van der Waals surface area contributed by atoms with Crippen LogP contribution >= 0.6 is 12.2 Å². The molecule has 0 aliphatic carbocycles. The number of imidazole rings is 1. The highest BCUT2D eigenvalue weighted by Gasteiger charge is 2.16. The number of rotatable bonds is 1.